The maximum Gasteiger partial charge on any atom is 0.328 e. The van der Waals surface area contributed by atoms with Crippen molar-refractivity contribution >= 4 is 15.8 Å². The second kappa shape index (κ2) is 7.07. The number of rotatable bonds is 6. The van der Waals surface area contributed by atoms with Crippen LogP contribution in [0.15, 0.2) is 30.3 Å². The first-order valence-corrected chi connectivity index (χ1v) is 9.19. The average Bonchev–Trinajstić information content (AvgIpc) is 2.92. The van der Waals surface area contributed by atoms with Crippen molar-refractivity contribution in [1.29, 1.82) is 0 Å². The quantitative estimate of drug-likeness (QED) is 0.758. The molecule has 2 rings (SSSR count). The van der Waals surface area contributed by atoms with E-state index in [9.17, 15) is 13.2 Å². The molecule has 0 amide bonds. The van der Waals surface area contributed by atoms with Gasteiger partial charge in [-0.15, -0.1) is 0 Å². The highest BCUT2D eigenvalue weighted by Gasteiger charge is 2.37. The van der Waals surface area contributed by atoms with Gasteiger partial charge in [-0.25, -0.2) is 8.42 Å². The SMILES string of the molecule is CCOC(=O)C(c1ccccc1)S(=O)(=O)CC1CCCC1. The van der Waals surface area contributed by atoms with Gasteiger partial charge in [-0.1, -0.05) is 43.2 Å². The van der Waals surface area contributed by atoms with Crippen LogP contribution in [0.5, 0.6) is 0 Å². The van der Waals surface area contributed by atoms with Gasteiger partial charge in [-0.2, -0.15) is 0 Å². The maximum absolute atomic E-state index is 12.7. The number of esters is 1. The van der Waals surface area contributed by atoms with Gasteiger partial charge in [0.2, 0.25) is 0 Å². The van der Waals surface area contributed by atoms with Crippen LogP contribution in [0.2, 0.25) is 0 Å². The van der Waals surface area contributed by atoms with Gasteiger partial charge in [0.25, 0.3) is 0 Å². The van der Waals surface area contributed by atoms with Gasteiger partial charge in [0.05, 0.1) is 12.4 Å². The predicted molar refractivity (Wildman–Crippen MR) is 81.6 cm³/mol. The molecule has 1 unspecified atom stereocenters. The number of carbonyl (C=O) groups excluding carboxylic acids is 1. The third kappa shape index (κ3) is 4.06. The van der Waals surface area contributed by atoms with E-state index < -0.39 is 21.1 Å². The Morgan fingerprint density at radius 1 is 1.24 bits per heavy atom. The lowest BCUT2D eigenvalue weighted by atomic mass is 10.1. The van der Waals surface area contributed by atoms with E-state index in [1.54, 1.807) is 37.3 Å². The number of hydrogen-bond acceptors (Lipinski definition) is 4. The van der Waals surface area contributed by atoms with Crippen molar-refractivity contribution < 1.29 is 17.9 Å². The van der Waals surface area contributed by atoms with E-state index in [-0.39, 0.29) is 18.3 Å². The van der Waals surface area contributed by atoms with E-state index in [1.807, 2.05) is 0 Å². The van der Waals surface area contributed by atoms with Gasteiger partial charge >= 0.3 is 5.97 Å². The molecular weight excluding hydrogens is 288 g/mol. The molecular formula is C16H22O4S. The van der Waals surface area contributed by atoms with Crippen LogP contribution < -0.4 is 0 Å². The summed E-state index contributed by atoms with van der Waals surface area (Å²) in [4.78, 5) is 12.2. The minimum Gasteiger partial charge on any atom is -0.465 e. The van der Waals surface area contributed by atoms with Gasteiger partial charge in [0.15, 0.2) is 15.1 Å². The summed E-state index contributed by atoms with van der Waals surface area (Å²) in [5, 5.41) is -1.20. The molecule has 0 saturated heterocycles. The number of carbonyl (C=O) groups is 1. The van der Waals surface area contributed by atoms with Crippen LogP contribution in [0.25, 0.3) is 0 Å². The number of benzene rings is 1. The van der Waals surface area contributed by atoms with Crippen LogP contribution in [-0.4, -0.2) is 26.7 Å². The second-order valence-corrected chi connectivity index (χ2v) is 7.65. The summed E-state index contributed by atoms with van der Waals surface area (Å²) in [5.41, 5.74) is 0.494. The van der Waals surface area contributed by atoms with E-state index in [2.05, 4.69) is 0 Å². The molecule has 21 heavy (non-hydrogen) atoms. The zero-order valence-electron chi connectivity index (χ0n) is 12.3. The topological polar surface area (TPSA) is 60.4 Å². The normalized spacial score (nSPS) is 17.6. The summed E-state index contributed by atoms with van der Waals surface area (Å²) in [6.45, 7) is 1.87. The van der Waals surface area contributed by atoms with E-state index in [1.165, 1.54) is 0 Å². The monoisotopic (exact) mass is 310 g/mol. The van der Waals surface area contributed by atoms with E-state index >= 15 is 0 Å². The van der Waals surface area contributed by atoms with Crippen LogP contribution in [0.1, 0.15) is 43.4 Å². The first-order chi connectivity index (χ1) is 10.0. The van der Waals surface area contributed by atoms with Gasteiger partial charge in [-0.05, 0) is 31.2 Å². The maximum atomic E-state index is 12.7. The second-order valence-electron chi connectivity index (χ2n) is 5.52. The lowest BCUT2D eigenvalue weighted by molar-refractivity contribution is -0.142. The molecule has 0 radical (unpaired) electrons. The van der Waals surface area contributed by atoms with Crippen LogP contribution in [0, 0.1) is 5.92 Å². The Morgan fingerprint density at radius 2 is 1.86 bits per heavy atom. The van der Waals surface area contributed by atoms with Gasteiger partial charge in [0.1, 0.15) is 0 Å². The molecule has 4 nitrogen and oxygen atoms in total. The summed E-state index contributed by atoms with van der Waals surface area (Å²) in [5.74, 6) is -0.414. The highest BCUT2D eigenvalue weighted by atomic mass is 32.2. The van der Waals surface area contributed by atoms with E-state index in [4.69, 9.17) is 4.74 Å². The van der Waals surface area contributed by atoms with E-state index in [0.29, 0.717) is 5.56 Å². The Morgan fingerprint density at radius 3 is 2.43 bits per heavy atom. The van der Waals surface area contributed by atoms with Crippen LogP contribution in [-0.2, 0) is 19.4 Å². The molecule has 5 heteroatoms. The molecule has 1 fully saturated rings. The Labute approximate surface area is 126 Å². The van der Waals surface area contributed by atoms with Crippen molar-refractivity contribution in [3.05, 3.63) is 35.9 Å². The molecule has 1 atom stereocenters. The molecule has 0 bridgehead atoms. The fourth-order valence-corrected chi connectivity index (χ4v) is 5.05. The number of ether oxygens (including phenoxy) is 1. The average molecular weight is 310 g/mol. The summed E-state index contributed by atoms with van der Waals surface area (Å²) < 4.78 is 30.4. The third-order valence-corrected chi connectivity index (χ3v) is 6.02. The van der Waals surface area contributed by atoms with E-state index in [0.717, 1.165) is 25.7 Å². The molecule has 1 aliphatic rings. The van der Waals surface area contributed by atoms with Crippen LogP contribution in [0.4, 0.5) is 0 Å². The Hall–Kier alpha value is -1.36. The lowest BCUT2D eigenvalue weighted by Gasteiger charge is -2.19. The van der Waals surface area contributed by atoms with Gasteiger partial charge in [-0.3, -0.25) is 4.79 Å². The molecule has 0 aromatic heterocycles. The van der Waals surface area contributed by atoms with Gasteiger partial charge in [0, 0.05) is 0 Å². The standard InChI is InChI=1S/C16H22O4S/c1-2-20-16(17)15(14-10-4-3-5-11-14)21(18,19)12-13-8-6-7-9-13/h3-5,10-11,13,15H,2,6-9,12H2,1H3. The summed E-state index contributed by atoms with van der Waals surface area (Å²) in [7, 11) is -3.55. The highest BCUT2D eigenvalue weighted by molar-refractivity contribution is 7.92. The van der Waals surface area contributed by atoms with Gasteiger partial charge < -0.3 is 4.74 Å². The first kappa shape index (κ1) is 16.0. The van der Waals surface area contributed by atoms with Crippen molar-refractivity contribution in [3.63, 3.8) is 0 Å². The Bertz CT molecular complexity index is 559. The van der Waals surface area contributed by atoms with Crippen LogP contribution >= 0.6 is 0 Å². The summed E-state index contributed by atoms with van der Waals surface area (Å²) >= 11 is 0. The predicted octanol–water partition coefficient (Wildman–Crippen LogP) is 2.90. The molecule has 1 saturated carbocycles. The molecule has 1 aliphatic carbocycles. The van der Waals surface area contributed by atoms with Crippen molar-refractivity contribution in [2.45, 2.75) is 37.9 Å². The third-order valence-electron chi connectivity index (χ3n) is 3.90. The van der Waals surface area contributed by atoms with Crippen molar-refractivity contribution in [1.82, 2.24) is 0 Å². The fourth-order valence-electron chi connectivity index (χ4n) is 2.94. The highest BCUT2D eigenvalue weighted by Crippen LogP contribution is 2.31. The van der Waals surface area contributed by atoms with Crippen molar-refractivity contribution in [3.8, 4) is 0 Å². The number of hydrogen-bond donors (Lipinski definition) is 0. The fraction of sp³-hybridized carbons (Fsp3) is 0.562. The smallest absolute Gasteiger partial charge is 0.328 e. The molecule has 1 aromatic carbocycles. The minimum atomic E-state index is -3.55. The van der Waals surface area contributed by atoms with Crippen molar-refractivity contribution in [2.75, 3.05) is 12.4 Å². The zero-order chi connectivity index (χ0) is 15.3. The molecule has 0 aliphatic heterocycles. The summed E-state index contributed by atoms with van der Waals surface area (Å²) in [6, 6.07) is 8.64. The zero-order valence-corrected chi connectivity index (χ0v) is 13.1. The Kier molecular flexibility index (Phi) is 5.39. The molecule has 1 aromatic rings. The molecule has 0 N–H and O–H groups in total. The minimum absolute atomic E-state index is 0.0748. The first-order valence-electron chi connectivity index (χ1n) is 7.47. The van der Waals surface area contributed by atoms with Crippen LogP contribution in [0.3, 0.4) is 0 Å². The molecule has 116 valence electrons. The Balaban J connectivity index is 2.27. The summed E-state index contributed by atoms with van der Waals surface area (Å²) in [6.07, 6.45) is 4.03. The molecule has 0 heterocycles. The number of sulfone groups is 1. The molecule has 0 spiro atoms. The van der Waals surface area contributed by atoms with Crippen molar-refractivity contribution in [2.24, 2.45) is 5.92 Å². The largest absolute Gasteiger partial charge is 0.465 e. The lowest BCUT2D eigenvalue weighted by Crippen LogP contribution is -2.28.